The number of benzene rings is 4. The Morgan fingerprint density at radius 3 is 2.04 bits per heavy atom. The molecule has 0 aromatic heterocycles. The quantitative estimate of drug-likeness (QED) is 0.190. The summed E-state index contributed by atoms with van der Waals surface area (Å²) in [6, 6.07) is 31.0. The second kappa shape index (κ2) is 14.8. The topological polar surface area (TPSA) is 86.8 Å². The Labute approximate surface area is 270 Å². The Kier molecular flexibility index (Phi) is 10.6. The summed E-state index contributed by atoms with van der Waals surface area (Å²) in [6.45, 7) is 1.49. The fraction of sp³-hybridized carbons (Fsp3) is 0.278. The molecule has 1 atom stereocenters. The molecule has 0 aliphatic heterocycles. The molecule has 45 heavy (non-hydrogen) atoms. The van der Waals surface area contributed by atoms with Gasteiger partial charge in [0.15, 0.2) is 0 Å². The van der Waals surface area contributed by atoms with Crippen LogP contribution in [0.4, 0.5) is 5.69 Å². The van der Waals surface area contributed by atoms with E-state index < -0.39 is 28.5 Å². The number of para-hydroxylation sites is 1. The first-order valence-electron chi connectivity index (χ1n) is 15.2. The zero-order valence-corrected chi connectivity index (χ0v) is 26.9. The van der Waals surface area contributed by atoms with Crippen molar-refractivity contribution in [1.29, 1.82) is 0 Å². The maximum absolute atomic E-state index is 14.5. The molecular formula is C36H38ClN3O4S. The summed E-state index contributed by atoms with van der Waals surface area (Å²) in [5.41, 5.74) is 2.94. The van der Waals surface area contributed by atoms with Crippen LogP contribution in [0.25, 0.3) is 0 Å². The third-order valence-electron chi connectivity index (χ3n) is 8.17. The molecule has 0 saturated heterocycles. The minimum atomic E-state index is -4.13. The molecule has 1 saturated carbocycles. The van der Waals surface area contributed by atoms with Crippen LogP contribution in [-0.2, 0) is 32.6 Å². The molecule has 5 rings (SSSR count). The van der Waals surface area contributed by atoms with Gasteiger partial charge in [0.1, 0.15) is 12.6 Å². The standard InChI is InChI=1S/C36H38ClN3O4S/c1-27-16-22-33(23-17-27)45(43,44)40(32-14-6-3-7-15-32)26-35(41)39(25-29-18-20-30(37)21-19-29)34(24-28-10-4-2-5-11-28)36(42)38-31-12-8-9-13-31/h2-7,10-11,14-23,31,34H,8-9,12-13,24-26H2,1H3,(H,38,42). The van der Waals surface area contributed by atoms with E-state index in [-0.39, 0.29) is 29.8 Å². The second-order valence-corrected chi connectivity index (χ2v) is 13.8. The van der Waals surface area contributed by atoms with Crippen molar-refractivity contribution in [3.8, 4) is 0 Å². The van der Waals surface area contributed by atoms with Crippen molar-refractivity contribution in [2.45, 2.75) is 62.6 Å². The Morgan fingerprint density at radius 1 is 0.822 bits per heavy atom. The number of carbonyl (C=O) groups is 2. The lowest BCUT2D eigenvalue weighted by molar-refractivity contribution is -0.140. The predicted octanol–water partition coefficient (Wildman–Crippen LogP) is 6.54. The van der Waals surface area contributed by atoms with Crippen molar-refractivity contribution in [3.63, 3.8) is 0 Å². The fourth-order valence-electron chi connectivity index (χ4n) is 5.67. The normalized spacial score (nSPS) is 14.1. The summed E-state index contributed by atoms with van der Waals surface area (Å²) in [6.07, 6.45) is 4.15. The lowest BCUT2D eigenvalue weighted by atomic mass is 10.0. The molecule has 7 nitrogen and oxygen atoms in total. The van der Waals surface area contributed by atoms with Crippen molar-refractivity contribution in [1.82, 2.24) is 10.2 Å². The van der Waals surface area contributed by atoms with E-state index in [1.165, 1.54) is 4.90 Å². The van der Waals surface area contributed by atoms with E-state index in [4.69, 9.17) is 11.6 Å². The fourth-order valence-corrected chi connectivity index (χ4v) is 7.21. The third-order valence-corrected chi connectivity index (χ3v) is 10.2. The number of hydrogen-bond acceptors (Lipinski definition) is 4. The molecule has 1 fully saturated rings. The summed E-state index contributed by atoms with van der Waals surface area (Å²) < 4.78 is 29.3. The van der Waals surface area contributed by atoms with E-state index in [9.17, 15) is 18.0 Å². The number of nitrogens with zero attached hydrogens (tertiary/aromatic N) is 2. The van der Waals surface area contributed by atoms with Gasteiger partial charge in [-0.15, -0.1) is 0 Å². The molecule has 234 valence electrons. The van der Waals surface area contributed by atoms with Gasteiger partial charge in [-0.05, 0) is 67.3 Å². The largest absolute Gasteiger partial charge is 0.352 e. The van der Waals surface area contributed by atoms with Crippen molar-refractivity contribution in [2.75, 3.05) is 10.8 Å². The number of amides is 2. The summed E-state index contributed by atoms with van der Waals surface area (Å²) >= 11 is 6.16. The van der Waals surface area contributed by atoms with Gasteiger partial charge in [-0.3, -0.25) is 13.9 Å². The lowest BCUT2D eigenvalue weighted by Gasteiger charge is -2.34. The highest BCUT2D eigenvalue weighted by atomic mass is 35.5. The number of rotatable bonds is 12. The van der Waals surface area contributed by atoms with Crippen molar-refractivity contribution < 1.29 is 18.0 Å². The minimum Gasteiger partial charge on any atom is -0.352 e. The van der Waals surface area contributed by atoms with E-state index in [0.717, 1.165) is 46.7 Å². The van der Waals surface area contributed by atoms with Gasteiger partial charge in [-0.2, -0.15) is 0 Å². The molecule has 4 aromatic rings. The first kappa shape index (κ1) is 32.3. The average molecular weight is 644 g/mol. The van der Waals surface area contributed by atoms with Gasteiger partial charge >= 0.3 is 0 Å². The van der Waals surface area contributed by atoms with Gasteiger partial charge < -0.3 is 10.2 Å². The molecule has 9 heteroatoms. The minimum absolute atomic E-state index is 0.0472. The smallest absolute Gasteiger partial charge is 0.264 e. The molecule has 1 N–H and O–H groups in total. The monoisotopic (exact) mass is 643 g/mol. The Hall–Kier alpha value is -4.14. The van der Waals surface area contributed by atoms with Crippen LogP contribution in [0.5, 0.6) is 0 Å². The molecular weight excluding hydrogens is 606 g/mol. The van der Waals surface area contributed by atoms with Crippen molar-refractivity contribution in [2.24, 2.45) is 0 Å². The maximum atomic E-state index is 14.5. The van der Waals surface area contributed by atoms with Gasteiger partial charge in [0.05, 0.1) is 10.6 Å². The Balaban J connectivity index is 1.54. The Bertz CT molecular complexity index is 1680. The number of sulfonamides is 1. The average Bonchev–Trinajstić information content (AvgIpc) is 3.56. The van der Waals surface area contributed by atoms with E-state index >= 15 is 0 Å². The van der Waals surface area contributed by atoms with Gasteiger partial charge in [0.25, 0.3) is 10.0 Å². The Morgan fingerprint density at radius 2 is 1.42 bits per heavy atom. The van der Waals surface area contributed by atoms with Gasteiger partial charge in [-0.1, -0.05) is 103 Å². The molecule has 1 unspecified atom stereocenters. The van der Waals surface area contributed by atoms with E-state index in [1.54, 1.807) is 66.7 Å². The molecule has 2 amide bonds. The van der Waals surface area contributed by atoms with Gasteiger partial charge in [-0.25, -0.2) is 8.42 Å². The summed E-state index contributed by atoms with van der Waals surface area (Å²) in [5.74, 6) is -0.743. The van der Waals surface area contributed by atoms with Crippen LogP contribution in [0, 0.1) is 6.92 Å². The first-order chi connectivity index (χ1) is 21.7. The molecule has 1 aliphatic carbocycles. The van der Waals surface area contributed by atoms with Crippen LogP contribution in [0.1, 0.15) is 42.4 Å². The van der Waals surface area contributed by atoms with E-state index in [1.807, 2.05) is 49.4 Å². The van der Waals surface area contributed by atoms with Crippen LogP contribution in [0.3, 0.4) is 0 Å². The number of carbonyl (C=O) groups excluding carboxylic acids is 2. The highest BCUT2D eigenvalue weighted by Crippen LogP contribution is 2.26. The third kappa shape index (κ3) is 8.32. The van der Waals surface area contributed by atoms with E-state index in [2.05, 4.69) is 5.32 Å². The SMILES string of the molecule is Cc1ccc(S(=O)(=O)N(CC(=O)N(Cc2ccc(Cl)cc2)C(Cc2ccccc2)C(=O)NC2CCCC2)c2ccccc2)cc1. The van der Waals surface area contributed by atoms with Gasteiger partial charge in [0, 0.05) is 24.0 Å². The number of hydrogen-bond donors (Lipinski definition) is 1. The molecule has 0 radical (unpaired) electrons. The molecule has 1 aliphatic rings. The van der Waals surface area contributed by atoms with Crippen LogP contribution >= 0.6 is 11.6 Å². The summed E-state index contributed by atoms with van der Waals surface area (Å²) in [5, 5.41) is 3.74. The van der Waals surface area contributed by atoms with Crippen molar-refractivity contribution >= 4 is 39.1 Å². The molecule has 0 heterocycles. The molecule has 4 aromatic carbocycles. The zero-order valence-electron chi connectivity index (χ0n) is 25.3. The number of halogens is 1. The van der Waals surface area contributed by atoms with Crippen molar-refractivity contribution in [3.05, 3.63) is 131 Å². The summed E-state index contributed by atoms with van der Waals surface area (Å²) in [7, 11) is -4.13. The molecule has 0 spiro atoms. The van der Waals surface area contributed by atoms with Crippen LogP contribution in [0.2, 0.25) is 5.02 Å². The first-order valence-corrected chi connectivity index (χ1v) is 17.1. The number of anilines is 1. The predicted molar refractivity (Wildman–Crippen MR) is 178 cm³/mol. The zero-order chi connectivity index (χ0) is 31.8. The van der Waals surface area contributed by atoms with Gasteiger partial charge in [0.2, 0.25) is 11.8 Å². The highest BCUT2D eigenvalue weighted by molar-refractivity contribution is 7.92. The maximum Gasteiger partial charge on any atom is 0.264 e. The highest BCUT2D eigenvalue weighted by Gasteiger charge is 2.35. The van der Waals surface area contributed by atoms with E-state index in [0.29, 0.717) is 10.7 Å². The second-order valence-electron chi connectivity index (χ2n) is 11.5. The lowest BCUT2D eigenvalue weighted by Crippen LogP contribution is -2.54. The summed E-state index contributed by atoms with van der Waals surface area (Å²) in [4.78, 5) is 30.2. The van der Waals surface area contributed by atoms with Crippen LogP contribution in [-0.4, -0.2) is 43.8 Å². The number of nitrogens with one attached hydrogen (secondary N) is 1. The van der Waals surface area contributed by atoms with Crippen LogP contribution in [0.15, 0.2) is 114 Å². The van der Waals surface area contributed by atoms with Crippen LogP contribution < -0.4 is 9.62 Å². The number of aryl methyl sites for hydroxylation is 1. The molecule has 0 bridgehead atoms.